The number of ether oxygens (including phenoxy) is 2. The van der Waals surface area contributed by atoms with Gasteiger partial charge in [-0.15, -0.1) is 0 Å². The third kappa shape index (κ3) is 9.60. The summed E-state index contributed by atoms with van der Waals surface area (Å²) in [6, 6.07) is 37.4. The van der Waals surface area contributed by atoms with Gasteiger partial charge < -0.3 is 30.1 Å². The number of carbonyl (C=O) groups is 2. The summed E-state index contributed by atoms with van der Waals surface area (Å²) in [6.45, 7) is 0. The monoisotopic (exact) mass is 848 g/mol. The zero-order valence-electron chi connectivity index (χ0n) is 33.1. The first-order valence-corrected chi connectivity index (χ1v) is 19.1. The van der Waals surface area contributed by atoms with Crippen LogP contribution in [0.1, 0.15) is 55.1 Å². The first-order chi connectivity index (χ1) is 29.7. The summed E-state index contributed by atoms with van der Waals surface area (Å²) in [6.07, 6.45) is -5.85. The summed E-state index contributed by atoms with van der Waals surface area (Å²) in [7, 11) is 2.59. The minimum absolute atomic E-state index is 0.0451. The van der Waals surface area contributed by atoms with Crippen LogP contribution in [0, 0.1) is 0 Å². The fraction of sp³-hybridized carbons (Fsp3) is 0.125. The quantitative estimate of drug-likeness (QED) is 0.0720. The molecule has 0 spiro atoms. The molecule has 14 heteroatoms. The van der Waals surface area contributed by atoms with Gasteiger partial charge in [-0.05, 0) is 47.5 Å². The molecule has 6 aromatic carbocycles. The fourth-order valence-electron chi connectivity index (χ4n) is 7.01. The van der Waals surface area contributed by atoms with E-state index >= 15 is 0 Å². The molecule has 0 aliphatic rings. The molecule has 8 rings (SSSR count). The van der Waals surface area contributed by atoms with Gasteiger partial charge in [0.25, 0.3) is 0 Å². The molecule has 0 radical (unpaired) electrons. The molecule has 0 aliphatic heterocycles. The second kappa shape index (κ2) is 18.0. The Bertz CT molecular complexity index is 2630. The van der Waals surface area contributed by atoms with Gasteiger partial charge >= 0.3 is 12.4 Å². The van der Waals surface area contributed by atoms with E-state index in [9.17, 15) is 35.9 Å². The van der Waals surface area contributed by atoms with Gasteiger partial charge in [0.05, 0.1) is 25.3 Å². The number of hydrogen-bond donors (Lipinski definition) is 4. The minimum atomic E-state index is -4.55. The Balaban J connectivity index is 0.000000186. The van der Waals surface area contributed by atoms with E-state index in [-0.39, 0.29) is 34.4 Å². The normalized spacial score (nSPS) is 12.5. The molecule has 316 valence electrons. The number of aromatic amines is 2. The standard InChI is InChI=1S/2C24H19F3N2O2/c2*1-31-18-12-16(24(25,26)27)11-17(13-18)29-22(15-7-3-2-4-8-15)23(30)20-14-28-21-10-6-5-9-19(20)21/h2*2-14,22,28-29H,1H3. The number of hydrogen-bond acceptors (Lipinski definition) is 6. The van der Waals surface area contributed by atoms with Crippen LogP contribution in [0.5, 0.6) is 11.5 Å². The molecule has 0 aliphatic carbocycles. The topological polar surface area (TPSA) is 108 Å². The number of benzene rings is 6. The highest BCUT2D eigenvalue weighted by Gasteiger charge is 2.34. The number of Topliss-reactive ketones (excluding diaryl/α,β-unsaturated/α-hetero) is 2. The van der Waals surface area contributed by atoms with Gasteiger partial charge in [-0.25, -0.2) is 0 Å². The number of fused-ring (bicyclic) bond motifs is 2. The summed E-state index contributed by atoms with van der Waals surface area (Å²) >= 11 is 0. The first kappa shape index (κ1) is 42.6. The molecule has 2 unspecified atom stereocenters. The lowest BCUT2D eigenvalue weighted by Gasteiger charge is -2.21. The Morgan fingerprint density at radius 3 is 1.21 bits per heavy atom. The number of nitrogens with one attached hydrogen (secondary N) is 4. The van der Waals surface area contributed by atoms with Gasteiger partial charge in [0.15, 0.2) is 11.6 Å². The predicted octanol–water partition coefficient (Wildman–Crippen LogP) is 12.5. The van der Waals surface area contributed by atoms with Crippen LogP contribution in [0.3, 0.4) is 0 Å². The van der Waals surface area contributed by atoms with Gasteiger partial charge in [0, 0.05) is 68.8 Å². The zero-order chi connectivity index (χ0) is 44.0. The third-order valence-corrected chi connectivity index (χ3v) is 10.1. The third-order valence-electron chi connectivity index (χ3n) is 10.1. The molecule has 8 aromatic rings. The number of halogens is 6. The molecule has 4 N–H and O–H groups in total. The number of anilines is 2. The maximum atomic E-state index is 13.5. The van der Waals surface area contributed by atoms with E-state index in [0.717, 1.165) is 46.1 Å². The van der Waals surface area contributed by atoms with Gasteiger partial charge in [-0.1, -0.05) is 97.1 Å². The van der Waals surface area contributed by atoms with Crippen LogP contribution in [0.2, 0.25) is 0 Å². The lowest BCUT2D eigenvalue weighted by Crippen LogP contribution is -2.21. The maximum absolute atomic E-state index is 13.5. The number of para-hydroxylation sites is 2. The van der Waals surface area contributed by atoms with E-state index in [1.54, 1.807) is 60.9 Å². The number of carbonyl (C=O) groups excluding carboxylic acids is 2. The van der Waals surface area contributed by atoms with Crippen LogP contribution in [-0.4, -0.2) is 35.8 Å². The van der Waals surface area contributed by atoms with Crippen LogP contribution in [-0.2, 0) is 12.4 Å². The second-order valence-corrected chi connectivity index (χ2v) is 14.1. The van der Waals surface area contributed by atoms with Crippen LogP contribution in [0.15, 0.2) is 158 Å². The number of aromatic nitrogens is 2. The Kier molecular flexibility index (Phi) is 12.4. The zero-order valence-corrected chi connectivity index (χ0v) is 33.1. The van der Waals surface area contributed by atoms with Crippen molar-refractivity contribution in [2.45, 2.75) is 24.4 Å². The summed E-state index contributed by atoms with van der Waals surface area (Å²) in [5.41, 5.74) is 2.33. The van der Waals surface area contributed by atoms with Crippen molar-refractivity contribution < 1.29 is 45.4 Å². The lowest BCUT2D eigenvalue weighted by molar-refractivity contribution is -0.138. The molecule has 0 bridgehead atoms. The van der Waals surface area contributed by atoms with Crippen molar-refractivity contribution in [1.82, 2.24) is 9.97 Å². The molecule has 2 atom stereocenters. The van der Waals surface area contributed by atoms with E-state index < -0.39 is 35.6 Å². The highest BCUT2D eigenvalue weighted by Crippen LogP contribution is 2.38. The van der Waals surface area contributed by atoms with Crippen molar-refractivity contribution in [1.29, 1.82) is 0 Å². The van der Waals surface area contributed by atoms with Crippen LogP contribution in [0.4, 0.5) is 37.7 Å². The van der Waals surface area contributed by atoms with Crippen molar-refractivity contribution in [3.63, 3.8) is 0 Å². The SMILES string of the molecule is COc1cc(NC(C(=O)c2c[nH]c3ccccc23)c2ccccc2)cc(C(F)(F)F)c1.COc1cc(NC(C(=O)c2c[nH]c3ccccc23)c2ccccc2)cc(C(F)(F)F)c1. The smallest absolute Gasteiger partial charge is 0.416 e. The van der Waals surface area contributed by atoms with Crippen molar-refractivity contribution in [2.75, 3.05) is 24.9 Å². The van der Waals surface area contributed by atoms with Crippen molar-refractivity contribution in [3.05, 3.63) is 191 Å². The summed E-state index contributed by atoms with van der Waals surface area (Å²) in [5, 5.41) is 7.48. The number of methoxy groups -OCH3 is 2. The van der Waals surface area contributed by atoms with Crippen molar-refractivity contribution in [3.8, 4) is 11.5 Å². The van der Waals surface area contributed by atoms with Gasteiger partial charge in [0.1, 0.15) is 23.6 Å². The number of ketones is 2. The fourth-order valence-corrected chi connectivity index (χ4v) is 7.01. The molecule has 0 fully saturated rings. The second-order valence-electron chi connectivity index (χ2n) is 14.1. The van der Waals surface area contributed by atoms with Crippen LogP contribution >= 0.6 is 0 Å². The summed E-state index contributed by atoms with van der Waals surface area (Å²) < 4.78 is 90.2. The van der Waals surface area contributed by atoms with E-state index in [2.05, 4.69) is 20.6 Å². The van der Waals surface area contributed by atoms with E-state index in [1.807, 2.05) is 60.7 Å². The molecule has 2 aromatic heterocycles. The average Bonchev–Trinajstić information content (AvgIpc) is 3.92. The molecule has 62 heavy (non-hydrogen) atoms. The molecule has 0 amide bonds. The average molecular weight is 849 g/mol. The molecular weight excluding hydrogens is 811 g/mol. The lowest BCUT2D eigenvalue weighted by atomic mass is 9.96. The molecular formula is C48H38F6N4O4. The van der Waals surface area contributed by atoms with Crippen LogP contribution < -0.4 is 20.1 Å². The Morgan fingerprint density at radius 1 is 0.500 bits per heavy atom. The van der Waals surface area contributed by atoms with Crippen molar-refractivity contribution in [2.24, 2.45) is 0 Å². The highest BCUT2D eigenvalue weighted by atomic mass is 19.4. The number of H-pyrrole nitrogens is 2. The molecule has 0 saturated carbocycles. The number of rotatable bonds is 12. The van der Waals surface area contributed by atoms with E-state index in [0.29, 0.717) is 22.3 Å². The molecule has 8 nitrogen and oxygen atoms in total. The van der Waals surface area contributed by atoms with E-state index in [4.69, 9.17) is 9.47 Å². The van der Waals surface area contributed by atoms with E-state index in [1.165, 1.54) is 26.4 Å². The Labute approximate surface area is 351 Å². The number of alkyl halides is 6. The molecule has 2 heterocycles. The van der Waals surface area contributed by atoms with Crippen molar-refractivity contribution >= 4 is 44.7 Å². The largest absolute Gasteiger partial charge is 0.497 e. The minimum Gasteiger partial charge on any atom is -0.497 e. The maximum Gasteiger partial charge on any atom is 0.416 e. The van der Waals surface area contributed by atoms with Gasteiger partial charge in [0.2, 0.25) is 0 Å². The van der Waals surface area contributed by atoms with Gasteiger partial charge in [-0.2, -0.15) is 26.3 Å². The summed E-state index contributed by atoms with van der Waals surface area (Å²) in [4.78, 5) is 33.2. The Morgan fingerprint density at radius 2 is 0.855 bits per heavy atom. The van der Waals surface area contributed by atoms with Gasteiger partial charge in [-0.3, -0.25) is 9.59 Å². The predicted molar refractivity (Wildman–Crippen MR) is 227 cm³/mol. The first-order valence-electron chi connectivity index (χ1n) is 19.1. The highest BCUT2D eigenvalue weighted by molar-refractivity contribution is 6.12. The summed E-state index contributed by atoms with van der Waals surface area (Å²) in [5.74, 6) is -0.438. The van der Waals surface area contributed by atoms with Crippen LogP contribution in [0.25, 0.3) is 21.8 Å². The Hall–Kier alpha value is -7.48. The molecule has 0 saturated heterocycles.